The molecule has 0 saturated carbocycles. The summed E-state index contributed by atoms with van der Waals surface area (Å²) in [6, 6.07) is 4.97. The highest BCUT2D eigenvalue weighted by atomic mass is 79.9. The van der Waals surface area contributed by atoms with E-state index in [-0.39, 0.29) is 45.4 Å². The molecule has 2 rings (SSSR count). The molecule has 2 aromatic rings. The Bertz CT molecular complexity index is 1040. The molecule has 0 aliphatic heterocycles. The highest BCUT2D eigenvalue weighted by Crippen LogP contribution is 2.36. The molecule has 11 heteroatoms. The van der Waals surface area contributed by atoms with E-state index in [1.165, 1.54) is 13.0 Å². The van der Waals surface area contributed by atoms with E-state index < -0.39 is 27.4 Å². The quantitative estimate of drug-likeness (QED) is 0.581. The number of hydrogen-bond acceptors (Lipinski definition) is 5. The number of rotatable bonds is 7. The number of nitrogens with one attached hydrogen (secondary N) is 2. The van der Waals surface area contributed by atoms with Crippen molar-refractivity contribution in [1.82, 2.24) is 10.6 Å². The van der Waals surface area contributed by atoms with E-state index >= 15 is 0 Å². The van der Waals surface area contributed by atoms with Crippen LogP contribution < -0.4 is 15.4 Å². The van der Waals surface area contributed by atoms with Crippen LogP contribution in [0, 0.1) is 11.6 Å². The van der Waals surface area contributed by atoms with E-state index in [2.05, 4.69) is 26.6 Å². The number of amides is 2. The third-order valence-corrected chi connectivity index (χ3v) is 5.47. The van der Waals surface area contributed by atoms with Crippen LogP contribution in [0.3, 0.4) is 0 Å². The van der Waals surface area contributed by atoms with Crippen molar-refractivity contribution in [2.75, 3.05) is 19.3 Å². The molecular formula is C18H17BrF2N2O5S. The number of sulfone groups is 1. The minimum Gasteiger partial charge on any atom is -0.456 e. The molecule has 0 radical (unpaired) electrons. The lowest BCUT2D eigenvalue weighted by Crippen LogP contribution is -2.34. The molecule has 2 N–H and O–H groups in total. The highest BCUT2D eigenvalue weighted by molar-refractivity contribution is 9.10. The van der Waals surface area contributed by atoms with Crippen LogP contribution in [0.25, 0.3) is 0 Å². The zero-order valence-electron chi connectivity index (χ0n) is 15.4. The molecule has 0 heterocycles. The molecule has 0 aliphatic rings. The van der Waals surface area contributed by atoms with Gasteiger partial charge < -0.3 is 15.4 Å². The Hall–Kier alpha value is -2.53. The van der Waals surface area contributed by atoms with Crippen molar-refractivity contribution >= 4 is 37.6 Å². The molecule has 0 aromatic heterocycles. The third kappa shape index (κ3) is 6.23. The Labute approximate surface area is 174 Å². The molecule has 0 unspecified atom stereocenters. The Kier molecular flexibility index (Phi) is 7.31. The van der Waals surface area contributed by atoms with Gasteiger partial charge in [-0.2, -0.15) is 0 Å². The summed E-state index contributed by atoms with van der Waals surface area (Å²) in [6.07, 6.45) is 0.936. The maximum absolute atomic E-state index is 13.4. The fraction of sp³-hybridized carbons (Fsp3) is 0.222. The second-order valence-corrected chi connectivity index (χ2v) is 8.75. The Morgan fingerprint density at radius 1 is 1.07 bits per heavy atom. The molecule has 29 heavy (non-hydrogen) atoms. The van der Waals surface area contributed by atoms with Crippen LogP contribution in [0.2, 0.25) is 0 Å². The molecule has 0 bridgehead atoms. The lowest BCUT2D eigenvalue weighted by molar-refractivity contribution is -0.118. The Morgan fingerprint density at radius 2 is 1.66 bits per heavy atom. The minimum absolute atomic E-state index is 0.0119. The summed E-state index contributed by atoms with van der Waals surface area (Å²) in [5.41, 5.74) is -0.232. The first-order chi connectivity index (χ1) is 13.5. The Balaban J connectivity index is 2.39. The third-order valence-electron chi connectivity index (χ3n) is 3.54. The van der Waals surface area contributed by atoms with E-state index in [9.17, 15) is 26.8 Å². The number of hydrogen-bond donors (Lipinski definition) is 2. The van der Waals surface area contributed by atoms with Gasteiger partial charge in [0.15, 0.2) is 9.84 Å². The first kappa shape index (κ1) is 22.8. The largest absolute Gasteiger partial charge is 0.456 e. The van der Waals surface area contributed by atoms with Crippen LogP contribution in [-0.4, -0.2) is 39.6 Å². The summed E-state index contributed by atoms with van der Waals surface area (Å²) in [5.74, 6) is -2.94. The number of ether oxygens (including phenoxy) is 1. The monoisotopic (exact) mass is 490 g/mol. The first-order valence-electron chi connectivity index (χ1n) is 8.18. The van der Waals surface area contributed by atoms with Crippen molar-refractivity contribution in [3.05, 3.63) is 52.0 Å². The summed E-state index contributed by atoms with van der Waals surface area (Å²) >= 11 is 3.14. The molecule has 2 aromatic carbocycles. The molecule has 156 valence electrons. The molecule has 0 fully saturated rings. The van der Waals surface area contributed by atoms with Gasteiger partial charge in [0.2, 0.25) is 5.91 Å². The predicted octanol–water partition coefficient (Wildman–Crippen LogP) is 2.79. The van der Waals surface area contributed by atoms with E-state index in [0.717, 1.165) is 24.5 Å². The average Bonchev–Trinajstić information content (AvgIpc) is 2.58. The summed E-state index contributed by atoms with van der Waals surface area (Å²) in [7, 11) is -3.78. The fourth-order valence-corrected chi connectivity index (χ4v) is 3.97. The van der Waals surface area contributed by atoms with Crippen molar-refractivity contribution < 1.29 is 31.5 Å². The molecule has 0 saturated heterocycles. The first-order valence-corrected chi connectivity index (χ1v) is 10.9. The van der Waals surface area contributed by atoms with Crippen LogP contribution in [0.4, 0.5) is 8.78 Å². The van der Waals surface area contributed by atoms with Crippen molar-refractivity contribution in [2.45, 2.75) is 11.8 Å². The summed E-state index contributed by atoms with van der Waals surface area (Å²) in [6.45, 7) is 1.51. The van der Waals surface area contributed by atoms with Crippen LogP contribution >= 0.6 is 15.9 Å². The van der Waals surface area contributed by atoms with Crippen molar-refractivity contribution in [2.24, 2.45) is 0 Å². The van der Waals surface area contributed by atoms with Gasteiger partial charge in [0.05, 0.1) is 14.9 Å². The van der Waals surface area contributed by atoms with Crippen molar-refractivity contribution in [3.63, 3.8) is 0 Å². The second-order valence-electron chi connectivity index (χ2n) is 5.97. The maximum Gasteiger partial charge on any atom is 0.253 e. The van der Waals surface area contributed by atoms with E-state index in [1.807, 2.05) is 0 Å². The molecule has 0 aliphatic carbocycles. The number of halogens is 3. The summed E-state index contributed by atoms with van der Waals surface area (Å²) < 4.78 is 56.4. The summed E-state index contributed by atoms with van der Waals surface area (Å²) in [5, 5.41) is 4.98. The number of benzene rings is 2. The van der Waals surface area contributed by atoms with Crippen molar-refractivity contribution in [1.29, 1.82) is 0 Å². The molecular weight excluding hydrogens is 474 g/mol. The summed E-state index contributed by atoms with van der Waals surface area (Å²) in [4.78, 5) is 23.2. The molecule has 0 spiro atoms. The van der Waals surface area contributed by atoms with Crippen LogP contribution in [-0.2, 0) is 14.6 Å². The zero-order chi connectivity index (χ0) is 21.8. The SMILES string of the molecule is CC(=O)NCCNC(=O)c1c(S(C)(=O)=O)ccc(Oc2cc(F)cc(F)c2)c1Br. The topological polar surface area (TPSA) is 102 Å². The average molecular weight is 491 g/mol. The lowest BCUT2D eigenvalue weighted by Gasteiger charge is -2.15. The van der Waals surface area contributed by atoms with Gasteiger partial charge in [-0.1, -0.05) is 0 Å². The number of carbonyl (C=O) groups excluding carboxylic acids is 2. The molecule has 7 nitrogen and oxygen atoms in total. The van der Waals surface area contributed by atoms with Gasteiger partial charge in [0.25, 0.3) is 5.91 Å². The van der Waals surface area contributed by atoms with E-state index in [0.29, 0.717) is 6.07 Å². The van der Waals surface area contributed by atoms with Gasteiger partial charge in [-0.3, -0.25) is 9.59 Å². The highest BCUT2D eigenvalue weighted by Gasteiger charge is 2.24. The van der Waals surface area contributed by atoms with Gasteiger partial charge in [-0.15, -0.1) is 0 Å². The number of carbonyl (C=O) groups is 2. The Morgan fingerprint density at radius 3 is 2.21 bits per heavy atom. The molecule has 2 amide bonds. The maximum atomic E-state index is 13.4. The fourth-order valence-electron chi connectivity index (χ4n) is 2.36. The second kappa shape index (κ2) is 9.31. The lowest BCUT2D eigenvalue weighted by atomic mass is 10.2. The molecule has 0 atom stereocenters. The minimum atomic E-state index is -3.78. The van der Waals surface area contributed by atoms with Gasteiger partial charge in [0.1, 0.15) is 23.1 Å². The smallest absolute Gasteiger partial charge is 0.253 e. The zero-order valence-corrected chi connectivity index (χ0v) is 17.8. The van der Waals surface area contributed by atoms with Gasteiger partial charge in [-0.05, 0) is 28.1 Å². The van der Waals surface area contributed by atoms with Crippen molar-refractivity contribution in [3.8, 4) is 11.5 Å². The van der Waals surface area contributed by atoms with Gasteiger partial charge >= 0.3 is 0 Å². The van der Waals surface area contributed by atoms with Crippen LogP contribution in [0.15, 0.2) is 39.7 Å². The standard InChI is InChI=1S/C18H17BrF2N2O5S/c1-10(24)22-5-6-23-18(25)16-15(29(2,26)27)4-3-14(17(16)19)28-13-8-11(20)7-12(21)9-13/h3-4,7-9H,5-6H2,1-2H3,(H,22,24)(H,23,25). The van der Waals surface area contributed by atoms with E-state index in [1.54, 1.807) is 0 Å². The van der Waals surface area contributed by atoms with Crippen LogP contribution in [0.1, 0.15) is 17.3 Å². The van der Waals surface area contributed by atoms with Gasteiger partial charge in [0, 0.05) is 44.5 Å². The predicted molar refractivity (Wildman–Crippen MR) is 105 cm³/mol. The normalized spacial score (nSPS) is 11.1. The van der Waals surface area contributed by atoms with E-state index in [4.69, 9.17) is 4.74 Å². The van der Waals surface area contributed by atoms with Gasteiger partial charge in [-0.25, -0.2) is 17.2 Å². The van der Waals surface area contributed by atoms with Crippen LogP contribution in [0.5, 0.6) is 11.5 Å².